The Morgan fingerprint density at radius 1 is 0.900 bits per heavy atom. The number of non-ortho nitro benzene ring substituents is 1. The summed E-state index contributed by atoms with van der Waals surface area (Å²) in [5, 5.41) is 20.4. The molecule has 3 aromatic carbocycles. The Hall–Kier alpha value is -4.96. The quantitative estimate of drug-likeness (QED) is 0.210. The van der Waals surface area contributed by atoms with Crippen LogP contribution in [0.2, 0.25) is 0 Å². The van der Waals surface area contributed by atoms with Gasteiger partial charge in [0.05, 0.1) is 15.1 Å². The van der Waals surface area contributed by atoms with Gasteiger partial charge < -0.3 is 0 Å². The van der Waals surface area contributed by atoms with Gasteiger partial charge >= 0.3 is 0 Å². The Bertz CT molecular complexity index is 1970. The van der Waals surface area contributed by atoms with Crippen LogP contribution in [0.1, 0.15) is 31.9 Å². The van der Waals surface area contributed by atoms with E-state index >= 15 is 0 Å². The predicted octanol–water partition coefficient (Wildman–Crippen LogP) is 5.42. The molecular formula is C30H24N6O3S. The van der Waals surface area contributed by atoms with E-state index in [0.29, 0.717) is 32.1 Å². The highest BCUT2D eigenvalue weighted by atomic mass is 32.1. The molecule has 0 saturated carbocycles. The SMILES string of the molecule is CC(C)(C)c1ccc(-c2nc3sc(=Cc4cn(-c5ccccc5)nc4-c4ccc([N+](=O)[O-])cc4)c(=O)n3n2)cc1. The number of rotatable bonds is 5. The molecule has 6 rings (SSSR count). The van der Waals surface area contributed by atoms with Crippen molar-refractivity contribution >= 4 is 28.1 Å². The van der Waals surface area contributed by atoms with Gasteiger partial charge in [-0.2, -0.15) is 14.6 Å². The van der Waals surface area contributed by atoms with Crippen LogP contribution >= 0.6 is 11.3 Å². The first-order valence-electron chi connectivity index (χ1n) is 12.6. The first-order chi connectivity index (χ1) is 19.2. The van der Waals surface area contributed by atoms with Crippen molar-refractivity contribution in [3.63, 3.8) is 0 Å². The Kier molecular flexibility index (Phi) is 6.11. The molecular weight excluding hydrogens is 524 g/mol. The van der Waals surface area contributed by atoms with E-state index < -0.39 is 4.92 Å². The zero-order valence-electron chi connectivity index (χ0n) is 22.0. The van der Waals surface area contributed by atoms with E-state index in [1.54, 1.807) is 22.9 Å². The maximum Gasteiger partial charge on any atom is 0.291 e. The maximum atomic E-state index is 13.3. The summed E-state index contributed by atoms with van der Waals surface area (Å²) in [6, 6.07) is 23.9. The Morgan fingerprint density at radius 2 is 1.57 bits per heavy atom. The molecule has 0 amide bonds. The smallest absolute Gasteiger partial charge is 0.266 e. The first-order valence-corrected chi connectivity index (χ1v) is 13.4. The number of aromatic nitrogens is 5. The largest absolute Gasteiger partial charge is 0.291 e. The lowest BCUT2D eigenvalue weighted by Crippen LogP contribution is -2.23. The van der Waals surface area contributed by atoms with E-state index in [0.717, 1.165) is 11.3 Å². The van der Waals surface area contributed by atoms with Crippen LogP contribution < -0.4 is 10.1 Å². The standard InChI is InChI=1S/C30H24N6O3S/c1-30(2,3)22-13-9-20(10-14-22)27-31-29-35(33-27)28(37)25(40-29)17-21-18-34(23-7-5-4-6-8-23)32-26(21)19-11-15-24(16-12-19)36(38)39/h4-18H,1-3H3. The van der Waals surface area contributed by atoms with Crippen LogP contribution in [0.3, 0.4) is 0 Å². The van der Waals surface area contributed by atoms with E-state index in [9.17, 15) is 14.9 Å². The minimum atomic E-state index is -0.440. The number of hydrogen-bond donors (Lipinski definition) is 0. The lowest BCUT2D eigenvalue weighted by molar-refractivity contribution is -0.384. The van der Waals surface area contributed by atoms with Gasteiger partial charge in [-0.05, 0) is 41.3 Å². The van der Waals surface area contributed by atoms with Crippen LogP contribution in [-0.4, -0.2) is 29.3 Å². The zero-order valence-corrected chi connectivity index (χ0v) is 22.8. The second-order valence-corrected chi connectivity index (χ2v) is 11.4. The summed E-state index contributed by atoms with van der Waals surface area (Å²) >= 11 is 1.25. The monoisotopic (exact) mass is 548 g/mol. The van der Waals surface area contributed by atoms with E-state index in [1.807, 2.05) is 48.7 Å². The van der Waals surface area contributed by atoms with Crippen molar-refractivity contribution in [1.82, 2.24) is 24.4 Å². The average molecular weight is 549 g/mol. The van der Waals surface area contributed by atoms with Crippen LogP contribution in [0.15, 0.2) is 89.9 Å². The highest BCUT2D eigenvalue weighted by molar-refractivity contribution is 7.15. The van der Waals surface area contributed by atoms with Crippen molar-refractivity contribution < 1.29 is 4.92 Å². The Balaban J connectivity index is 1.43. The normalized spacial score (nSPS) is 12.3. The Morgan fingerprint density at radius 3 is 2.20 bits per heavy atom. The predicted molar refractivity (Wildman–Crippen MR) is 156 cm³/mol. The molecule has 0 aliphatic heterocycles. The molecule has 9 nitrogen and oxygen atoms in total. The summed E-state index contributed by atoms with van der Waals surface area (Å²) in [7, 11) is 0. The fourth-order valence-electron chi connectivity index (χ4n) is 4.39. The van der Waals surface area contributed by atoms with Crippen molar-refractivity contribution in [2.45, 2.75) is 26.2 Å². The second-order valence-electron chi connectivity index (χ2n) is 10.4. The molecule has 0 fully saturated rings. The lowest BCUT2D eigenvalue weighted by atomic mass is 9.87. The molecule has 3 heterocycles. The molecule has 0 radical (unpaired) electrons. The van der Waals surface area contributed by atoms with Crippen molar-refractivity contribution in [3.8, 4) is 28.3 Å². The number of nitrogens with zero attached hydrogens (tertiary/aromatic N) is 6. The summed E-state index contributed by atoms with van der Waals surface area (Å²) < 4.78 is 3.51. The summed E-state index contributed by atoms with van der Waals surface area (Å²) in [6.45, 7) is 6.47. The number of nitro groups is 1. The highest BCUT2D eigenvalue weighted by Gasteiger charge is 2.17. The average Bonchev–Trinajstić information content (AvgIpc) is 3.64. The molecule has 0 spiro atoms. The van der Waals surface area contributed by atoms with E-state index in [2.05, 4.69) is 43.0 Å². The molecule has 40 heavy (non-hydrogen) atoms. The number of benzene rings is 3. The number of hydrogen-bond acceptors (Lipinski definition) is 7. The number of fused-ring (bicyclic) bond motifs is 1. The van der Waals surface area contributed by atoms with Crippen LogP contribution in [0.5, 0.6) is 0 Å². The minimum Gasteiger partial charge on any atom is -0.266 e. The molecule has 0 aliphatic carbocycles. The molecule has 6 aromatic rings. The third-order valence-electron chi connectivity index (χ3n) is 6.59. The van der Waals surface area contributed by atoms with Gasteiger partial charge in [0.15, 0.2) is 5.82 Å². The molecule has 3 aromatic heterocycles. The van der Waals surface area contributed by atoms with E-state index in [1.165, 1.54) is 33.5 Å². The summed E-state index contributed by atoms with van der Waals surface area (Å²) in [5.41, 5.74) is 4.64. The molecule has 10 heteroatoms. The lowest BCUT2D eigenvalue weighted by Gasteiger charge is -2.18. The number of para-hydroxylation sites is 1. The summed E-state index contributed by atoms with van der Waals surface area (Å²) in [6.07, 6.45) is 3.61. The zero-order chi connectivity index (χ0) is 28.0. The maximum absolute atomic E-state index is 13.3. The molecule has 0 aliphatic rings. The second kappa shape index (κ2) is 9.65. The van der Waals surface area contributed by atoms with Crippen molar-refractivity contribution in [2.24, 2.45) is 0 Å². The van der Waals surface area contributed by atoms with Gasteiger partial charge in [0, 0.05) is 35.0 Å². The molecule has 0 unspecified atom stereocenters. The molecule has 198 valence electrons. The van der Waals surface area contributed by atoms with Gasteiger partial charge in [0.1, 0.15) is 5.69 Å². The summed E-state index contributed by atoms with van der Waals surface area (Å²) in [4.78, 5) is 29.2. The van der Waals surface area contributed by atoms with Crippen LogP contribution in [-0.2, 0) is 5.41 Å². The van der Waals surface area contributed by atoms with Crippen LogP contribution in [0.25, 0.3) is 39.4 Å². The third kappa shape index (κ3) is 4.69. The molecule has 0 N–H and O–H groups in total. The number of thiazole rings is 1. The summed E-state index contributed by atoms with van der Waals surface area (Å²) in [5.74, 6) is 0.499. The van der Waals surface area contributed by atoms with Gasteiger partial charge in [0.25, 0.3) is 11.2 Å². The van der Waals surface area contributed by atoms with Gasteiger partial charge in [-0.1, -0.05) is 74.6 Å². The minimum absolute atomic E-state index is 0.00646. The van der Waals surface area contributed by atoms with Crippen LogP contribution in [0.4, 0.5) is 5.69 Å². The molecule has 0 bridgehead atoms. The molecule has 0 atom stereocenters. The number of nitro benzene ring substituents is 1. The van der Waals surface area contributed by atoms with Gasteiger partial charge in [-0.25, -0.2) is 4.68 Å². The van der Waals surface area contributed by atoms with Gasteiger partial charge in [-0.15, -0.1) is 5.10 Å². The van der Waals surface area contributed by atoms with Crippen molar-refractivity contribution in [1.29, 1.82) is 0 Å². The van der Waals surface area contributed by atoms with E-state index in [-0.39, 0.29) is 16.7 Å². The fourth-order valence-corrected chi connectivity index (χ4v) is 5.29. The van der Waals surface area contributed by atoms with Crippen molar-refractivity contribution in [3.05, 3.63) is 121 Å². The van der Waals surface area contributed by atoms with Gasteiger partial charge in [-0.3, -0.25) is 14.9 Å². The Labute approximate surface area is 232 Å². The molecule has 0 saturated heterocycles. The first kappa shape index (κ1) is 25.3. The van der Waals surface area contributed by atoms with E-state index in [4.69, 9.17) is 5.10 Å². The van der Waals surface area contributed by atoms with Crippen LogP contribution in [0, 0.1) is 10.1 Å². The van der Waals surface area contributed by atoms with Crippen molar-refractivity contribution in [2.75, 3.05) is 0 Å². The van der Waals surface area contributed by atoms with Gasteiger partial charge in [0.2, 0.25) is 4.96 Å². The topological polar surface area (TPSA) is 108 Å². The fraction of sp³-hybridized carbons (Fsp3) is 0.133. The third-order valence-corrected chi connectivity index (χ3v) is 7.55. The highest BCUT2D eigenvalue weighted by Crippen LogP contribution is 2.27.